The van der Waals surface area contributed by atoms with Crippen molar-refractivity contribution in [2.24, 2.45) is 0 Å². The van der Waals surface area contributed by atoms with Crippen molar-refractivity contribution >= 4 is 36.0 Å². The van der Waals surface area contributed by atoms with Gasteiger partial charge in [0, 0.05) is 36.9 Å². The molecule has 0 saturated carbocycles. The average molecular weight is 633 g/mol. The Hall–Kier alpha value is -6.50. The predicted molar refractivity (Wildman–Crippen MR) is 168 cm³/mol. The Morgan fingerprint density at radius 1 is 0.674 bits per heavy atom. The highest BCUT2D eigenvalue weighted by atomic mass is 16.6. The van der Waals surface area contributed by atoms with Crippen LogP contribution in [-0.2, 0) is 9.59 Å². The fraction of sp³-hybridized carbons (Fsp3) is 0.0909. The first-order valence-corrected chi connectivity index (χ1v) is 12.7. The molecule has 2 aromatic heterocycles. The van der Waals surface area contributed by atoms with Gasteiger partial charge < -0.3 is 34.6 Å². The van der Waals surface area contributed by atoms with Crippen LogP contribution in [0.15, 0.2) is 97.6 Å². The lowest BCUT2D eigenvalue weighted by molar-refractivity contribution is -0.132. The molecule has 0 aliphatic heterocycles. The smallest absolute Gasteiger partial charge is 0.345 e. The Morgan fingerprint density at radius 2 is 1.17 bits per heavy atom. The van der Waals surface area contributed by atoms with Crippen LogP contribution in [0.5, 0.6) is 23.0 Å². The molecule has 0 aliphatic carbocycles. The predicted octanol–water partition coefficient (Wildman–Crippen LogP) is 5.32. The third kappa shape index (κ3) is 13.2. The van der Waals surface area contributed by atoms with Gasteiger partial charge in [0.25, 0.3) is 0 Å². The van der Waals surface area contributed by atoms with E-state index in [0.29, 0.717) is 28.2 Å². The molecule has 0 saturated heterocycles. The van der Waals surface area contributed by atoms with Gasteiger partial charge in [0.15, 0.2) is 23.0 Å². The van der Waals surface area contributed by atoms with Crippen LogP contribution in [0.3, 0.4) is 0 Å². The Bertz CT molecular complexity index is 1660. The van der Waals surface area contributed by atoms with Gasteiger partial charge in [-0.15, -0.1) is 0 Å². The molecular weight excluding hydrogens is 600 g/mol. The van der Waals surface area contributed by atoms with E-state index in [0.717, 1.165) is 12.2 Å². The Kier molecular flexibility index (Phi) is 16.0. The van der Waals surface area contributed by atoms with Gasteiger partial charge in [-0.05, 0) is 71.8 Å². The molecule has 240 valence electrons. The van der Waals surface area contributed by atoms with Gasteiger partial charge in [-0.2, -0.15) is 0 Å². The number of methoxy groups -OCH3 is 2. The maximum atomic E-state index is 12.0. The number of aromatic nitrogens is 2. The molecule has 0 aliphatic rings. The number of hydrogen-bond acceptors (Lipinski definition) is 10. The highest BCUT2D eigenvalue weighted by Gasteiger charge is 2.13. The Labute approximate surface area is 264 Å². The number of hydrogen-bond donors (Lipinski definition) is 4. The fourth-order valence-corrected chi connectivity index (χ4v) is 3.15. The Morgan fingerprint density at radius 3 is 1.59 bits per heavy atom. The number of phenols is 1. The second-order valence-corrected chi connectivity index (χ2v) is 8.36. The van der Waals surface area contributed by atoms with Crippen molar-refractivity contribution in [3.8, 4) is 23.0 Å². The monoisotopic (exact) mass is 632 g/mol. The molecule has 4 rings (SSSR count). The summed E-state index contributed by atoms with van der Waals surface area (Å²) >= 11 is 0. The van der Waals surface area contributed by atoms with Crippen LogP contribution in [0.1, 0.15) is 39.3 Å². The molecule has 0 radical (unpaired) electrons. The third-order valence-corrected chi connectivity index (χ3v) is 5.24. The third-order valence-electron chi connectivity index (χ3n) is 5.24. The number of aliphatic carboxylic acids is 2. The lowest BCUT2D eigenvalue weighted by Crippen LogP contribution is -2.09. The molecule has 2 aromatic carbocycles. The van der Waals surface area contributed by atoms with E-state index in [1.165, 1.54) is 63.2 Å². The van der Waals surface area contributed by atoms with Gasteiger partial charge in [-0.3, -0.25) is 9.97 Å². The summed E-state index contributed by atoms with van der Waals surface area (Å²) in [5.41, 5.74) is 1.69. The van der Waals surface area contributed by atoms with E-state index < -0.39 is 23.9 Å². The molecule has 0 amide bonds. The number of carbonyl (C=O) groups is 4. The topological polar surface area (TPSA) is 203 Å². The Balaban J connectivity index is 0.000000377. The largest absolute Gasteiger partial charge is 0.504 e. The van der Waals surface area contributed by atoms with E-state index in [2.05, 4.69) is 9.97 Å². The highest BCUT2D eigenvalue weighted by molar-refractivity contribution is 5.91. The zero-order chi connectivity index (χ0) is 33.2. The van der Waals surface area contributed by atoms with Crippen molar-refractivity contribution in [3.05, 3.63) is 120 Å². The van der Waals surface area contributed by atoms with E-state index in [9.17, 15) is 24.3 Å². The molecule has 4 aromatic rings. The first-order valence-electron chi connectivity index (χ1n) is 12.7. The number of rotatable bonds is 9. The molecule has 0 atom stereocenters. The quantitative estimate of drug-likeness (QED) is 0.105. The van der Waals surface area contributed by atoms with Crippen LogP contribution in [-0.4, -0.2) is 68.5 Å². The number of carbonyl (C=O) groups excluding carboxylic acids is 1. The van der Waals surface area contributed by atoms with Gasteiger partial charge in [-0.25, -0.2) is 19.2 Å². The van der Waals surface area contributed by atoms with Crippen molar-refractivity contribution in [1.82, 2.24) is 9.97 Å². The average Bonchev–Trinajstić information content (AvgIpc) is 3.04. The number of phenolic OH excluding ortho intramolecular Hbond substituents is 1. The summed E-state index contributed by atoms with van der Waals surface area (Å²) in [7, 11) is 2.89. The summed E-state index contributed by atoms with van der Waals surface area (Å²) in [6.45, 7) is 0. The van der Waals surface area contributed by atoms with Gasteiger partial charge in [-0.1, -0.05) is 19.6 Å². The van der Waals surface area contributed by atoms with Crippen LogP contribution in [0.25, 0.3) is 12.2 Å². The van der Waals surface area contributed by atoms with Crippen LogP contribution in [0.2, 0.25) is 0 Å². The molecule has 13 heteroatoms. The van der Waals surface area contributed by atoms with Crippen molar-refractivity contribution in [1.29, 1.82) is 0 Å². The maximum Gasteiger partial charge on any atom is 0.345 e. The highest BCUT2D eigenvalue weighted by Crippen LogP contribution is 2.29. The minimum Gasteiger partial charge on any atom is -0.504 e. The number of pyridine rings is 2. The van der Waals surface area contributed by atoms with Crippen LogP contribution in [0, 0.1) is 0 Å². The summed E-state index contributed by atoms with van der Waals surface area (Å²) < 4.78 is 15.2. The summed E-state index contributed by atoms with van der Waals surface area (Å²) in [6, 6.07) is 15.7. The number of carboxylic acids is 3. The molecule has 0 spiro atoms. The summed E-state index contributed by atoms with van der Waals surface area (Å²) in [6.07, 6.45) is 10.6. The second-order valence-electron chi connectivity index (χ2n) is 8.36. The second kappa shape index (κ2) is 19.6. The SMILES string of the molecule is C.COc1ccc(/C=C\C(=O)O)cc1O.COc1ccc(/C=C\C(=O)O)cc1OC(=O)c1cccnc1.O=C(O)c1cccnc1. The molecule has 46 heavy (non-hydrogen) atoms. The molecule has 0 bridgehead atoms. The number of aromatic hydroxyl groups is 1. The minimum absolute atomic E-state index is 0. The molecule has 0 unspecified atom stereocenters. The molecule has 0 fully saturated rings. The number of carboxylic acid groups (broad SMARTS) is 3. The van der Waals surface area contributed by atoms with E-state index in [1.54, 1.807) is 48.7 Å². The number of aromatic carboxylic acids is 1. The minimum atomic E-state index is -1.07. The van der Waals surface area contributed by atoms with Gasteiger partial charge >= 0.3 is 23.9 Å². The van der Waals surface area contributed by atoms with Gasteiger partial charge in [0.1, 0.15) is 0 Å². The summed E-state index contributed by atoms with van der Waals surface area (Å²) in [5.74, 6) is -2.70. The zero-order valence-corrected chi connectivity index (χ0v) is 23.9. The van der Waals surface area contributed by atoms with Gasteiger partial charge in [0.05, 0.1) is 25.3 Å². The normalized spacial score (nSPS) is 9.87. The number of nitrogens with zero attached hydrogens (tertiary/aromatic N) is 2. The van der Waals surface area contributed by atoms with Crippen LogP contribution in [0.4, 0.5) is 0 Å². The first kappa shape index (κ1) is 37.5. The van der Waals surface area contributed by atoms with E-state index in [4.69, 9.17) is 29.5 Å². The van der Waals surface area contributed by atoms with Crippen molar-refractivity contribution in [2.75, 3.05) is 14.2 Å². The fourth-order valence-electron chi connectivity index (χ4n) is 3.15. The zero-order valence-electron chi connectivity index (χ0n) is 23.9. The first-order chi connectivity index (χ1) is 21.5. The van der Waals surface area contributed by atoms with Gasteiger partial charge in [0.2, 0.25) is 0 Å². The lowest BCUT2D eigenvalue weighted by Gasteiger charge is -2.09. The van der Waals surface area contributed by atoms with Crippen LogP contribution < -0.4 is 14.2 Å². The van der Waals surface area contributed by atoms with Crippen molar-refractivity contribution in [2.45, 2.75) is 7.43 Å². The number of ether oxygens (including phenoxy) is 3. The summed E-state index contributed by atoms with van der Waals surface area (Å²) in [4.78, 5) is 50.4. The van der Waals surface area contributed by atoms with Crippen molar-refractivity contribution in [3.63, 3.8) is 0 Å². The maximum absolute atomic E-state index is 12.0. The summed E-state index contributed by atoms with van der Waals surface area (Å²) in [5, 5.41) is 34.7. The number of benzene rings is 2. The standard InChI is InChI=1S/C16H13NO5.C10H10O4.C6H5NO2.CH4/c1-21-13-6-4-11(5-7-15(18)19)9-14(13)22-16(20)12-3-2-8-17-10-12;1-14-9-4-2-7(6-8(9)11)3-5-10(12)13;8-6(9)5-2-1-3-7-4-5;/h2-10H,1H3,(H,18,19);2-6,11H,1H3,(H,12,13);1-4H,(H,8,9);1H4/b7-5-;5-3-;;. The van der Waals surface area contributed by atoms with E-state index in [-0.39, 0.29) is 24.5 Å². The molecule has 13 nitrogen and oxygen atoms in total. The lowest BCUT2D eigenvalue weighted by atomic mass is 10.2. The molecule has 4 N–H and O–H groups in total. The van der Waals surface area contributed by atoms with Crippen molar-refractivity contribution < 1.29 is 53.8 Å². The van der Waals surface area contributed by atoms with E-state index in [1.807, 2.05) is 0 Å². The molecule has 2 heterocycles. The van der Waals surface area contributed by atoms with E-state index >= 15 is 0 Å². The molecular formula is C33H32N2O11. The van der Waals surface area contributed by atoms with Crippen LogP contribution >= 0.6 is 0 Å². The number of esters is 1.